The van der Waals surface area contributed by atoms with Crippen LogP contribution < -0.4 is 5.32 Å². The molecule has 5 rings (SSSR count). The first-order chi connectivity index (χ1) is 14.9. The van der Waals surface area contributed by atoms with Gasteiger partial charge >= 0.3 is 0 Å². The number of rotatable bonds is 3. The van der Waals surface area contributed by atoms with Crippen molar-refractivity contribution in [3.8, 4) is 22.6 Å². The van der Waals surface area contributed by atoms with Crippen molar-refractivity contribution in [1.82, 2.24) is 14.4 Å². The smallest absolute Gasteiger partial charge is 0.150 e. The number of imidazole rings is 1. The van der Waals surface area contributed by atoms with Crippen LogP contribution in [0.4, 0.5) is 10.2 Å². The second-order valence-electron chi connectivity index (χ2n) is 8.67. The van der Waals surface area contributed by atoms with Gasteiger partial charge in [-0.2, -0.15) is 0 Å². The molecule has 0 saturated heterocycles. The Hall–Kier alpha value is -3.73. The van der Waals surface area contributed by atoms with Gasteiger partial charge in [-0.25, -0.2) is 14.4 Å². The lowest BCUT2D eigenvalue weighted by Crippen LogP contribution is -2.27. The molecule has 0 saturated carbocycles. The van der Waals surface area contributed by atoms with Gasteiger partial charge in [0.05, 0.1) is 5.52 Å². The molecule has 2 heterocycles. The molecule has 5 aromatic rings. The molecule has 3 aromatic carbocycles. The Morgan fingerprint density at radius 1 is 0.774 bits per heavy atom. The molecule has 4 nitrogen and oxygen atoms in total. The molecule has 154 valence electrons. The second-order valence-corrected chi connectivity index (χ2v) is 8.67. The van der Waals surface area contributed by atoms with Crippen molar-refractivity contribution in [3.05, 3.63) is 84.7 Å². The van der Waals surface area contributed by atoms with Crippen LogP contribution in [-0.2, 0) is 0 Å². The van der Waals surface area contributed by atoms with Crippen molar-refractivity contribution in [2.75, 3.05) is 5.32 Å². The number of fused-ring (bicyclic) bond motifs is 3. The zero-order valence-corrected chi connectivity index (χ0v) is 17.7. The summed E-state index contributed by atoms with van der Waals surface area (Å²) in [5.41, 5.74) is 4.09. The first-order valence-corrected chi connectivity index (χ1v) is 10.3. The summed E-state index contributed by atoms with van der Waals surface area (Å²) in [6.07, 6.45) is 0. The Morgan fingerprint density at radius 3 is 2.16 bits per heavy atom. The molecule has 0 aliphatic heterocycles. The van der Waals surface area contributed by atoms with E-state index in [0.717, 1.165) is 45.0 Å². The molecule has 0 amide bonds. The predicted molar refractivity (Wildman–Crippen MR) is 125 cm³/mol. The Balaban J connectivity index is 1.93. The Kier molecular flexibility index (Phi) is 4.47. The van der Waals surface area contributed by atoms with Crippen molar-refractivity contribution in [2.45, 2.75) is 26.3 Å². The molecule has 0 spiro atoms. The zero-order valence-electron chi connectivity index (χ0n) is 17.7. The van der Waals surface area contributed by atoms with Gasteiger partial charge in [-0.1, -0.05) is 42.5 Å². The molecule has 31 heavy (non-hydrogen) atoms. The van der Waals surface area contributed by atoms with E-state index in [0.29, 0.717) is 0 Å². The van der Waals surface area contributed by atoms with Crippen LogP contribution in [0.1, 0.15) is 20.8 Å². The van der Waals surface area contributed by atoms with Gasteiger partial charge in [-0.3, -0.25) is 4.40 Å². The summed E-state index contributed by atoms with van der Waals surface area (Å²) in [5, 5.41) is 4.59. The summed E-state index contributed by atoms with van der Waals surface area (Å²) in [4.78, 5) is 10.1. The van der Waals surface area contributed by atoms with E-state index < -0.39 is 0 Å². The topological polar surface area (TPSA) is 42.2 Å². The van der Waals surface area contributed by atoms with E-state index >= 15 is 0 Å². The van der Waals surface area contributed by atoms with Crippen LogP contribution in [0.25, 0.3) is 39.2 Å². The van der Waals surface area contributed by atoms with Crippen LogP contribution >= 0.6 is 0 Å². The van der Waals surface area contributed by atoms with Crippen LogP contribution in [0.3, 0.4) is 0 Å². The van der Waals surface area contributed by atoms with Crippen molar-refractivity contribution < 1.29 is 4.39 Å². The lowest BCUT2D eigenvalue weighted by molar-refractivity contribution is 0.627. The summed E-state index contributed by atoms with van der Waals surface area (Å²) in [6, 6.07) is 24.6. The van der Waals surface area contributed by atoms with Gasteiger partial charge in [0, 0.05) is 22.1 Å². The highest BCUT2D eigenvalue weighted by Crippen LogP contribution is 2.36. The Labute approximate surface area is 180 Å². The maximum absolute atomic E-state index is 13.6. The number of nitrogens with one attached hydrogen (secondary N) is 1. The third-order valence-corrected chi connectivity index (χ3v) is 5.10. The normalized spacial score (nSPS) is 11.9. The molecule has 0 fully saturated rings. The van der Waals surface area contributed by atoms with E-state index in [4.69, 9.17) is 9.97 Å². The number of nitrogens with zero attached hydrogens (tertiary/aromatic N) is 3. The summed E-state index contributed by atoms with van der Waals surface area (Å²) in [6.45, 7) is 6.33. The van der Waals surface area contributed by atoms with E-state index in [1.54, 1.807) is 12.1 Å². The first-order valence-electron chi connectivity index (χ1n) is 10.3. The average molecular weight is 410 g/mol. The summed E-state index contributed by atoms with van der Waals surface area (Å²) in [5.74, 6) is 1.38. The fourth-order valence-electron chi connectivity index (χ4n) is 3.79. The Morgan fingerprint density at radius 2 is 1.45 bits per heavy atom. The molecular weight excluding hydrogens is 387 g/mol. The van der Waals surface area contributed by atoms with Crippen LogP contribution in [0.15, 0.2) is 78.9 Å². The fourth-order valence-corrected chi connectivity index (χ4v) is 3.79. The molecule has 1 N–H and O–H groups in total. The molecule has 5 heteroatoms. The van der Waals surface area contributed by atoms with Gasteiger partial charge in [0.25, 0.3) is 0 Å². The summed E-state index contributed by atoms with van der Waals surface area (Å²) < 4.78 is 15.7. The zero-order chi connectivity index (χ0) is 21.6. The summed E-state index contributed by atoms with van der Waals surface area (Å²) in [7, 11) is 0. The van der Waals surface area contributed by atoms with Crippen LogP contribution in [0.2, 0.25) is 0 Å². The largest absolute Gasteiger partial charge is 0.365 e. The van der Waals surface area contributed by atoms with Gasteiger partial charge in [0.2, 0.25) is 0 Å². The van der Waals surface area contributed by atoms with Gasteiger partial charge < -0.3 is 5.32 Å². The van der Waals surface area contributed by atoms with E-state index in [-0.39, 0.29) is 11.4 Å². The van der Waals surface area contributed by atoms with Crippen LogP contribution in [-0.4, -0.2) is 19.9 Å². The molecule has 0 aliphatic rings. The van der Waals surface area contributed by atoms with Crippen molar-refractivity contribution >= 4 is 22.4 Å². The molecule has 0 aliphatic carbocycles. The number of hydrogen-bond donors (Lipinski definition) is 1. The number of hydrogen-bond acceptors (Lipinski definition) is 3. The third kappa shape index (κ3) is 3.52. The van der Waals surface area contributed by atoms with Crippen LogP contribution in [0, 0.1) is 5.82 Å². The Bertz CT molecular complexity index is 1380. The van der Waals surface area contributed by atoms with Crippen molar-refractivity contribution in [2.24, 2.45) is 0 Å². The lowest BCUT2D eigenvalue weighted by Gasteiger charge is -2.23. The molecule has 0 unspecified atom stereocenters. The predicted octanol–water partition coefficient (Wildman–Crippen LogP) is 6.57. The lowest BCUT2D eigenvalue weighted by atomic mass is 10.1. The average Bonchev–Trinajstić information content (AvgIpc) is 3.12. The minimum absolute atomic E-state index is 0.218. The highest BCUT2D eigenvalue weighted by Gasteiger charge is 2.23. The second kappa shape index (κ2) is 7.20. The number of anilines is 1. The standard InChI is InChI=1S/C26H23FN4/c1-26(2,3)30-25-22(17-13-15-19(27)16-14-17)29-24-20-11-7-8-12-21(20)28-23(31(24)25)18-9-5-4-6-10-18/h4-16,30H,1-3H3. The molecular formula is C26H23FN4. The van der Waals surface area contributed by atoms with Crippen LogP contribution in [0.5, 0.6) is 0 Å². The number of aromatic nitrogens is 3. The first kappa shape index (κ1) is 19.2. The van der Waals surface area contributed by atoms with Gasteiger partial charge in [0.1, 0.15) is 28.8 Å². The molecule has 0 bridgehead atoms. The van der Waals surface area contributed by atoms with Crippen molar-refractivity contribution in [3.63, 3.8) is 0 Å². The molecule has 0 atom stereocenters. The van der Waals surface area contributed by atoms with Crippen molar-refractivity contribution in [1.29, 1.82) is 0 Å². The SMILES string of the molecule is CC(C)(C)Nc1c(-c2ccc(F)cc2)nc2c3ccccc3nc(-c3ccccc3)n12. The highest BCUT2D eigenvalue weighted by atomic mass is 19.1. The summed E-state index contributed by atoms with van der Waals surface area (Å²) >= 11 is 0. The van der Waals surface area contributed by atoms with E-state index in [1.807, 2.05) is 42.5 Å². The van der Waals surface area contributed by atoms with E-state index in [2.05, 4.69) is 42.6 Å². The number of para-hydroxylation sites is 1. The highest BCUT2D eigenvalue weighted by molar-refractivity contribution is 5.96. The molecule has 0 radical (unpaired) electrons. The van der Waals surface area contributed by atoms with E-state index in [1.165, 1.54) is 12.1 Å². The monoisotopic (exact) mass is 410 g/mol. The minimum Gasteiger partial charge on any atom is -0.365 e. The van der Waals surface area contributed by atoms with Gasteiger partial charge in [-0.05, 0) is 57.2 Å². The fraction of sp³-hybridized carbons (Fsp3) is 0.154. The minimum atomic E-state index is -0.269. The maximum atomic E-state index is 13.6. The van der Waals surface area contributed by atoms with E-state index in [9.17, 15) is 4.39 Å². The molecule has 2 aromatic heterocycles. The maximum Gasteiger partial charge on any atom is 0.150 e. The number of benzene rings is 3. The van der Waals surface area contributed by atoms with Gasteiger partial charge in [-0.15, -0.1) is 0 Å². The van der Waals surface area contributed by atoms with Gasteiger partial charge in [0.15, 0.2) is 0 Å². The number of halogens is 1. The quantitative estimate of drug-likeness (QED) is 0.366. The third-order valence-electron chi connectivity index (χ3n) is 5.10.